The van der Waals surface area contributed by atoms with Crippen molar-refractivity contribution in [2.24, 2.45) is 0 Å². The van der Waals surface area contributed by atoms with Gasteiger partial charge in [0.15, 0.2) is 0 Å². The molecular weight excluding hydrogens is 355 g/mol. The van der Waals surface area contributed by atoms with Gasteiger partial charge in [0.05, 0.1) is 11.3 Å². The standard InChI is InChI=1S/C20H22F3N3O/c1-2-15-7-3-6-10-18(15)25-11-13-26(14-12-25)19(27)24-17-9-5-4-8-16(17)20(21,22)23/h3-10H,2,11-14H2,1H3,(H,24,27). The Bertz CT molecular complexity index is 799. The molecule has 4 nitrogen and oxygen atoms in total. The van der Waals surface area contributed by atoms with Crippen molar-refractivity contribution in [2.75, 3.05) is 36.4 Å². The summed E-state index contributed by atoms with van der Waals surface area (Å²) < 4.78 is 39.2. The second-order valence-corrected chi connectivity index (χ2v) is 6.43. The van der Waals surface area contributed by atoms with E-state index < -0.39 is 17.8 Å². The maximum atomic E-state index is 13.1. The van der Waals surface area contributed by atoms with Crippen LogP contribution in [0.5, 0.6) is 0 Å². The van der Waals surface area contributed by atoms with Gasteiger partial charge < -0.3 is 15.1 Å². The first-order valence-electron chi connectivity index (χ1n) is 8.95. The van der Waals surface area contributed by atoms with Crippen molar-refractivity contribution in [3.8, 4) is 0 Å². The smallest absolute Gasteiger partial charge is 0.368 e. The highest BCUT2D eigenvalue weighted by Gasteiger charge is 2.34. The molecule has 1 aliphatic heterocycles. The van der Waals surface area contributed by atoms with Crippen molar-refractivity contribution in [2.45, 2.75) is 19.5 Å². The van der Waals surface area contributed by atoms with Crippen molar-refractivity contribution in [1.82, 2.24) is 4.90 Å². The summed E-state index contributed by atoms with van der Waals surface area (Å²) in [5, 5.41) is 2.41. The summed E-state index contributed by atoms with van der Waals surface area (Å²) >= 11 is 0. The number of urea groups is 1. The first-order chi connectivity index (χ1) is 12.9. The van der Waals surface area contributed by atoms with E-state index in [1.165, 1.54) is 23.8 Å². The van der Waals surface area contributed by atoms with Crippen molar-refractivity contribution >= 4 is 17.4 Å². The minimum Gasteiger partial charge on any atom is -0.368 e. The number of nitrogens with zero attached hydrogens (tertiary/aromatic N) is 2. The van der Waals surface area contributed by atoms with Crippen LogP contribution in [0.3, 0.4) is 0 Å². The highest BCUT2D eigenvalue weighted by Crippen LogP contribution is 2.34. The second kappa shape index (κ2) is 7.90. The molecule has 0 bridgehead atoms. The Labute approximate surface area is 156 Å². The van der Waals surface area contributed by atoms with Gasteiger partial charge in [0.1, 0.15) is 0 Å². The van der Waals surface area contributed by atoms with Crippen LogP contribution in [0.2, 0.25) is 0 Å². The van der Waals surface area contributed by atoms with Crippen molar-refractivity contribution in [3.63, 3.8) is 0 Å². The topological polar surface area (TPSA) is 35.6 Å². The highest BCUT2D eigenvalue weighted by molar-refractivity contribution is 5.90. The van der Waals surface area contributed by atoms with Crippen LogP contribution in [-0.4, -0.2) is 37.1 Å². The largest absolute Gasteiger partial charge is 0.418 e. The van der Waals surface area contributed by atoms with Gasteiger partial charge in [-0.1, -0.05) is 37.3 Å². The van der Waals surface area contributed by atoms with Crippen LogP contribution in [0.1, 0.15) is 18.1 Å². The van der Waals surface area contributed by atoms with E-state index >= 15 is 0 Å². The van der Waals surface area contributed by atoms with Crippen LogP contribution in [-0.2, 0) is 12.6 Å². The monoisotopic (exact) mass is 377 g/mol. The number of carbonyl (C=O) groups excluding carboxylic acids is 1. The van der Waals surface area contributed by atoms with Crippen molar-refractivity contribution in [1.29, 1.82) is 0 Å². The van der Waals surface area contributed by atoms with Gasteiger partial charge in [-0.05, 0) is 30.2 Å². The van der Waals surface area contributed by atoms with E-state index in [0.717, 1.165) is 18.2 Å². The average Bonchev–Trinajstić information content (AvgIpc) is 2.67. The van der Waals surface area contributed by atoms with Gasteiger partial charge in [0, 0.05) is 31.9 Å². The van der Waals surface area contributed by atoms with E-state index in [-0.39, 0.29) is 5.69 Å². The number of hydrogen-bond donors (Lipinski definition) is 1. The molecule has 1 fully saturated rings. The number of nitrogens with one attached hydrogen (secondary N) is 1. The third kappa shape index (κ3) is 4.35. The third-order valence-corrected chi connectivity index (χ3v) is 4.75. The summed E-state index contributed by atoms with van der Waals surface area (Å²) in [6.45, 7) is 4.30. The summed E-state index contributed by atoms with van der Waals surface area (Å²) in [5.74, 6) is 0. The van der Waals surface area contributed by atoms with Gasteiger partial charge in [0.25, 0.3) is 0 Å². The van der Waals surface area contributed by atoms with Crippen LogP contribution in [0.15, 0.2) is 48.5 Å². The lowest BCUT2D eigenvalue weighted by Gasteiger charge is -2.37. The molecule has 2 aromatic carbocycles. The van der Waals surface area contributed by atoms with Crippen LogP contribution in [0.25, 0.3) is 0 Å². The normalized spacial score (nSPS) is 15.0. The van der Waals surface area contributed by atoms with Crippen LogP contribution in [0, 0.1) is 0 Å². The molecule has 3 rings (SSSR count). The van der Waals surface area contributed by atoms with Crippen LogP contribution < -0.4 is 10.2 Å². The second-order valence-electron chi connectivity index (χ2n) is 6.43. The summed E-state index contributed by atoms with van der Waals surface area (Å²) in [7, 11) is 0. The quantitative estimate of drug-likeness (QED) is 0.847. The molecule has 144 valence electrons. The lowest BCUT2D eigenvalue weighted by atomic mass is 10.1. The summed E-state index contributed by atoms with van der Waals surface area (Å²) in [6.07, 6.45) is -3.59. The van der Waals surface area contributed by atoms with E-state index in [1.54, 1.807) is 4.90 Å². The first kappa shape index (κ1) is 19.1. The lowest BCUT2D eigenvalue weighted by Crippen LogP contribution is -2.50. The van der Waals surface area contributed by atoms with Gasteiger partial charge in [-0.2, -0.15) is 13.2 Å². The number of rotatable bonds is 3. The zero-order valence-electron chi connectivity index (χ0n) is 15.1. The molecule has 0 saturated carbocycles. The number of carbonyl (C=O) groups is 1. The van der Waals surface area contributed by atoms with Gasteiger partial charge >= 0.3 is 12.2 Å². The molecule has 0 radical (unpaired) electrons. The zero-order valence-corrected chi connectivity index (χ0v) is 15.1. The maximum absolute atomic E-state index is 13.1. The van der Waals surface area contributed by atoms with Gasteiger partial charge in [-0.3, -0.25) is 0 Å². The summed E-state index contributed by atoms with van der Waals surface area (Å²) in [4.78, 5) is 16.2. The van der Waals surface area contributed by atoms with Gasteiger partial charge in [-0.25, -0.2) is 4.79 Å². The molecule has 0 atom stereocenters. The fourth-order valence-corrected chi connectivity index (χ4v) is 3.30. The molecule has 7 heteroatoms. The molecule has 27 heavy (non-hydrogen) atoms. The maximum Gasteiger partial charge on any atom is 0.418 e. The minimum absolute atomic E-state index is 0.214. The highest BCUT2D eigenvalue weighted by atomic mass is 19.4. The predicted octanol–water partition coefficient (Wildman–Crippen LogP) is 4.62. The number of benzene rings is 2. The van der Waals surface area contributed by atoms with Gasteiger partial charge in [-0.15, -0.1) is 0 Å². The molecule has 0 aliphatic carbocycles. The third-order valence-electron chi connectivity index (χ3n) is 4.75. The SMILES string of the molecule is CCc1ccccc1N1CCN(C(=O)Nc2ccccc2C(F)(F)F)CC1. The molecule has 2 amide bonds. The number of alkyl halides is 3. The zero-order chi connectivity index (χ0) is 19.4. The number of hydrogen-bond acceptors (Lipinski definition) is 2. The lowest BCUT2D eigenvalue weighted by molar-refractivity contribution is -0.136. The Balaban J connectivity index is 1.64. The number of piperazine rings is 1. The Morgan fingerprint density at radius 2 is 1.63 bits per heavy atom. The molecule has 1 N–H and O–H groups in total. The average molecular weight is 377 g/mol. The fraction of sp³-hybridized carbons (Fsp3) is 0.350. The molecule has 1 heterocycles. The van der Waals surface area contributed by atoms with Crippen molar-refractivity contribution < 1.29 is 18.0 Å². The number of amides is 2. The summed E-state index contributed by atoms with van der Waals surface area (Å²) in [6, 6.07) is 12.7. The number of halogens is 3. The van der Waals surface area contributed by atoms with E-state index in [9.17, 15) is 18.0 Å². The molecular formula is C20H22F3N3O. The van der Waals surface area contributed by atoms with E-state index in [1.807, 2.05) is 12.1 Å². The number of aryl methyl sites for hydroxylation is 1. The molecule has 0 spiro atoms. The fourth-order valence-electron chi connectivity index (χ4n) is 3.30. The summed E-state index contributed by atoms with van der Waals surface area (Å²) in [5.41, 5.74) is 1.35. The first-order valence-corrected chi connectivity index (χ1v) is 8.95. The molecule has 0 unspecified atom stereocenters. The Kier molecular flexibility index (Phi) is 5.58. The Morgan fingerprint density at radius 1 is 1.00 bits per heavy atom. The minimum atomic E-state index is -4.51. The number of anilines is 2. The molecule has 0 aromatic heterocycles. The number of para-hydroxylation sites is 2. The van der Waals surface area contributed by atoms with Crippen LogP contribution in [0.4, 0.5) is 29.3 Å². The Morgan fingerprint density at radius 3 is 2.30 bits per heavy atom. The van der Waals surface area contributed by atoms with Crippen LogP contribution >= 0.6 is 0 Å². The Hall–Kier alpha value is -2.70. The van der Waals surface area contributed by atoms with Gasteiger partial charge in [0.2, 0.25) is 0 Å². The predicted molar refractivity (Wildman–Crippen MR) is 100 cm³/mol. The van der Waals surface area contributed by atoms with E-state index in [4.69, 9.17) is 0 Å². The van der Waals surface area contributed by atoms with Crippen molar-refractivity contribution in [3.05, 3.63) is 59.7 Å². The van der Waals surface area contributed by atoms with E-state index in [2.05, 4.69) is 29.3 Å². The molecule has 1 saturated heterocycles. The molecule has 2 aromatic rings. The molecule has 1 aliphatic rings. The van der Waals surface area contributed by atoms with E-state index in [0.29, 0.717) is 26.2 Å².